The topological polar surface area (TPSA) is 58.4 Å². The molecular weight excluding hydrogens is 389 g/mol. The molecular formula is C24H30BN3O3. The molecule has 0 N–H and O–H groups in total. The van der Waals surface area contributed by atoms with E-state index in [0.717, 1.165) is 27.9 Å². The van der Waals surface area contributed by atoms with Crippen LogP contribution in [0.3, 0.4) is 0 Å². The lowest BCUT2D eigenvalue weighted by atomic mass is 9.78. The van der Waals surface area contributed by atoms with Crippen LogP contribution in [0.1, 0.15) is 71.7 Å². The normalized spacial score (nSPS) is 21.3. The summed E-state index contributed by atoms with van der Waals surface area (Å²) in [4.78, 5) is 9.19. The molecule has 1 saturated carbocycles. The maximum Gasteiger partial charge on any atom is 0.495 e. The molecule has 6 nitrogen and oxygen atoms in total. The van der Waals surface area contributed by atoms with E-state index >= 15 is 0 Å². The van der Waals surface area contributed by atoms with E-state index in [0.29, 0.717) is 6.04 Å². The zero-order valence-corrected chi connectivity index (χ0v) is 19.0. The maximum atomic E-state index is 6.50. The zero-order chi connectivity index (χ0) is 21.8. The molecule has 0 radical (unpaired) electrons. The van der Waals surface area contributed by atoms with E-state index in [1.165, 1.54) is 19.3 Å². The molecule has 7 heteroatoms. The Kier molecular flexibility index (Phi) is 4.86. The lowest BCUT2D eigenvalue weighted by Gasteiger charge is -2.32. The fraction of sp³-hybridized carbons (Fsp3) is 0.500. The predicted octanol–water partition coefficient (Wildman–Crippen LogP) is 4.60. The Balaban J connectivity index is 1.56. The highest BCUT2D eigenvalue weighted by atomic mass is 16.7. The minimum atomic E-state index is -0.462. The van der Waals surface area contributed by atoms with E-state index in [9.17, 15) is 0 Å². The van der Waals surface area contributed by atoms with Crippen molar-refractivity contribution in [2.75, 3.05) is 0 Å². The Morgan fingerprint density at radius 2 is 1.84 bits per heavy atom. The van der Waals surface area contributed by atoms with Crippen molar-refractivity contribution in [1.82, 2.24) is 14.5 Å². The van der Waals surface area contributed by atoms with E-state index in [1.54, 1.807) is 6.20 Å². The van der Waals surface area contributed by atoms with Gasteiger partial charge in [0.25, 0.3) is 0 Å². The van der Waals surface area contributed by atoms with Gasteiger partial charge in [-0.05, 0) is 83.6 Å². The largest absolute Gasteiger partial charge is 0.495 e. The van der Waals surface area contributed by atoms with E-state index in [2.05, 4.69) is 49.4 Å². The molecule has 2 aliphatic rings. The van der Waals surface area contributed by atoms with E-state index < -0.39 is 18.3 Å². The van der Waals surface area contributed by atoms with Crippen LogP contribution in [0.2, 0.25) is 0 Å². The minimum absolute atomic E-state index is 0.192. The molecule has 1 aliphatic carbocycles. The van der Waals surface area contributed by atoms with Crippen molar-refractivity contribution in [3.8, 4) is 5.75 Å². The second-order valence-electron chi connectivity index (χ2n) is 9.73. The van der Waals surface area contributed by atoms with Crippen molar-refractivity contribution in [3.63, 3.8) is 0 Å². The van der Waals surface area contributed by atoms with Gasteiger partial charge in [0.15, 0.2) is 0 Å². The number of pyridine rings is 1. The van der Waals surface area contributed by atoms with E-state index in [4.69, 9.17) is 19.0 Å². The second-order valence-corrected chi connectivity index (χ2v) is 9.73. The van der Waals surface area contributed by atoms with Gasteiger partial charge in [0.1, 0.15) is 17.4 Å². The van der Waals surface area contributed by atoms with Gasteiger partial charge in [0, 0.05) is 12.2 Å². The fourth-order valence-corrected chi connectivity index (χ4v) is 4.17. The molecule has 162 valence electrons. The lowest BCUT2D eigenvalue weighted by Crippen LogP contribution is -2.41. The van der Waals surface area contributed by atoms with Crippen LogP contribution in [0.4, 0.5) is 0 Å². The number of hydrogen-bond acceptors (Lipinski definition) is 5. The molecule has 1 atom stereocenters. The zero-order valence-electron chi connectivity index (χ0n) is 19.0. The molecule has 2 aromatic heterocycles. The Hall–Kier alpha value is -2.38. The van der Waals surface area contributed by atoms with Crippen molar-refractivity contribution in [2.24, 2.45) is 0 Å². The molecule has 3 heterocycles. The molecule has 2 fully saturated rings. The molecule has 0 spiro atoms. The third-order valence-electron chi connectivity index (χ3n) is 7.06. The Morgan fingerprint density at radius 1 is 1.10 bits per heavy atom. The van der Waals surface area contributed by atoms with Gasteiger partial charge in [-0.15, -0.1) is 0 Å². The van der Waals surface area contributed by atoms with Gasteiger partial charge in [0.05, 0.1) is 28.7 Å². The lowest BCUT2D eigenvalue weighted by molar-refractivity contribution is 0.00578. The first-order chi connectivity index (χ1) is 14.7. The molecule has 1 aliphatic heterocycles. The highest BCUT2D eigenvalue weighted by molar-refractivity contribution is 6.62. The minimum Gasteiger partial charge on any atom is -0.482 e. The molecule has 1 aromatic carbocycles. The number of rotatable bonds is 5. The number of benzene rings is 1. The quantitative estimate of drug-likeness (QED) is 0.566. The average molecular weight is 419 g/mol. The van der Waals surface area contributed by atoms with Gasteiger partial charge in [-0.1, -0.05) is 6.07 Å². The van der Waals surface area contributed by atoms with Crippen LogP contribution >= 0.6 is 0 Å². The fourth-order valence-electron chi connectivity index (χ4n) is 4.17. The standard InChI is InChI=1S/C24H30BN3O3/c1-16(19-11-6-7-12-26-19)29-21-14-17(25-30-23(2,3)24(4,5)31-25)13-20-22(21)28(15-27-20)18-9-8-10-18/h6-7,11-16,18H,8-10H2,1-5H3/t16-/m1/s1. The third-order valence-corrected chi connectivity index (χ3v) is 7.06. The van der Waals surface area contributed by atoms with Crippen LogP contribution < -0.4 is 10.2 Å². The van der Waals surface area contributed by atoms with E-state index in [1.807, 2.05) is 31.5 Å². The maximum absolute atomic E-state index is 6.50. The van der Waals surface area contributed by atoms with Crippen LogP contribution in [0.15, 0.2) is 42.9 Å². The highest BCUT2D eigenvalue weighted by Crippen LogP contribution is 2.39. The van der Waals surface area contributed by atoms with Gasteiger partial charge in [-0.25, -0.2) is 4.98 Å². The summed E-state index contributed by atoms with van der Waals surface area (Å²) in [6, 6.07) is 10.5. The number of ether oxygens (including phenoxy) is 1. The number of aromatic nitrogens is 3. The summed E-state index contributed by atoms with van der Waals surface area (Å²) in [5, 5.41) is 0. The first kappa shape index (κ1) is 20.5. The first-order valence-electron chi connectivity index (χ1n) is 11.2. The van der Waals surface area contributed by atoms with Crippen molar-refractivity contribution >= 4 is 23.6 Å². The average Bonchev–Trinajstić information content (AvgIpc) is 3.19. The highest BCUT2D eigenvalue weighted by Gasteiger charge is 2.52. The predicted molar refractivity (Wildman–Crippen MR) is 122 cm³/mol. The van der Waals surface area contributed by atoms with Crippen molar-refractivity contribution in [1.29, 1.82) is 0 Å². The van der Waals surface area contributed by atoms with Crippen molar-refractivity contribution in [3.05, 3.63) is 48.5 Å². The summed E-state index contributed by atoms with van der Waals surface area (Å²) >= 11 is 0. The van der Waals surface area contributed by atoms with Gasteiger partial charge >= 0.3 is 7.12 Å². The summed E-state index contributed by atoms with van der Waals surface area (Å²) in [6.07, 6.45) is 7.17. The number of imidazole rings is 1. The molecule has 1 saturated heterocycles. The second kappa shape index (κ2) is 7.35. The Bertz CT molecular complexity index is 1080. The van der Waals surface area contributed by atoms with Crippen LogP contribution in [0, 0.1) is 0 Å². The van der Waals surface area contributed by atoms with Crippen LogP contribution in [0.25, 0.3) is 11.0 Å². The van der Waals surface area contributed by atoms with Crippen molar-refractivity contribution < 1.29 is 14.0 Å². The van der Waals surface area contributed by atoms with Crippen molar-refractivity contribution in [2.45, 2.75) is 77.2 Å². The summed E-state index contributed by atoms with van der Waals surface area (Å²) in [7, 11) is -0.462. The smallest absolute Gasteiger partial charge is 0.482 e. The van der Waals surface area contributed by atoms with Crippen LogP contribution in [0.5, 0.6) is 5.75 Å². The molecule has 0 bridgehead atoms. The number of fused-ring (bicyclic) bond motifs is 1. The Labute approximate surface area is 184 Å². The molecule has 0 amide bonds. The molecule has 3 aromatic rings. The number of hydrogen-bond donors (Lipinski definition) is 0. The van der Waals surface area contributed by atoms with Gasteiger partial charge in [-0.2, -0.15) is 0 Å². The SMILES string of the molecule is C[C@@H](Oc1cc(B2OC(C)(C)C(C)(C)O2)cc2ncn(C3CCC3)c12)c1ccccn1. The first-order valence-corrected chi connectivity index (χ1v) is 11.2. The monoisotopic (exact) mass is 419 g/mol. The number of nitrogens with zero attached hydrogens (tertiary/aromatic N) is 3. The summed E-state index contributed by atoms with van der Waals surface area (Å²) in [5.41, 5.74) is 2.95. The Morgan fingerprint density at radius 3 is 2.45 bits per heavy atom. The van der Waals surface area contributed by atoms with E-state index in [-0.39, 0.29) is 6.10 Å². The third kappa shape index (κ3) is 3.54. The molecule has 5 rings (SSSR count). The van der Waals surface area contributed by atoms with Crippen LogP contribution in [-0.2, 0) is 9.31 Å². The summed E-state index contributed by atoms with van der Waals surface area (Å²) < 4.78 is 21.4. The molecule has 0 unspecified atom stereocenters. The van der Waals surface area contributed by atoms with Gasteiger partial charge in [0.2, 0.25) is 0 Å². The summed E-state index contributed by atoms with van der Waals surface area (Å²) in [5.74, 6) is 0.796. The van der Waals surface area contributed by atoms with Crippen LogP contribution in [-0.4, -0.2) is 32.9 Å². The molecule has 31 heavy (non-hydrogen) atoms. The summed E-state index contributed by atoms with van der Waals surface area (Å²) in [6.45, 7) is 10.3. The van der Waals surface area contributed by atoms with Gasteiger partial charge < -0.3 is 18.6 Å². The van der Waals surface area contributed by atoms with Gasteiger partial charge in [-0.3, -0.25) is 4.98 Å².